The van der Waals surface area contributed by atoms with Gasteiger partial charge in [-0.1, -0.05) is 12.8 Å². The third kappa shape index (κ3) is 2.98. The SMILES string of the molecule is CC1CCCCCN1S(=O)(=O)c1csc(C(=O)O)c1. The molecule has 2 heterocycles. The summed E-state index contributed by atoms with van der Waals surface area (Å²) in [6.07, 6.45) is 3.80. The van der Waals surface area contributed by atoms with Crippen LogP contribution >= 0.6 is 11.3 Å². The van der Waals surface area contributed by atoms with E-state index in [1.165, 1.54) is 15.8 Å². The molecule has 1 N–H and O–H groups in total. The molecule has 2 rings (SSSR count). The Hall–Kier alpha value is -0.920. The van der Waals surface area contributed by atoms with Gasteiger partial charge in [0.1, 0.15) is 4.88 Å². The largest absolute Gasteiger partial charge is 0.477 e. The molecule has 0 saturated carbocycles. The van der Waals surface area contributed by atoms with E-state index in [0.29, 0.717) is 6.54 Å². The zero-order valence-corrected chi connectivity index (χ0v) is 12.3. The van der Waals surface area contributed by atoms with Gasteiger partial charge in [0.25, 0.3) is 0 Å². The molecular formula is C12H17NO4S2. The standard InChI is InChI=1S/C12H17NO4S2/c1-9-5-3-2-4-6-13(9)19(16,17)10-7-11(12(14)15)18-8-10/h7-9H,2-6H2,1H3,(H,14,15). The summed E-state index contributed by atoms with van der Waals surface area (Å²) in [5.74, 6) is -1.09. The lowest BCUT2D eigenvalue weighted by atomic mass is 10.1. The summed E-state index contributed by atoms with van der Waals surface area (Å²) in [6.45, 7) is 2.43. The molecule has 0 spiro atoms. The summed E-state index contributed by atoms with van der Waals surface area (Å²) >= 11 is 0.950. The molecule has 5 nitrogen and oxygen atoms in total. The molecule has 1 aromatic rings. The van der Waals surface area contributed by atoms with Gasteiger partial charge in [0.05, 0.1) is 4.90 Å². The van der Waals surface area contributed by atoms with E-state index >= 15 is 0 Å². The molecule has 1 aliphatic heterocycles. The molecule has 106 valence electrons. The number of carboxylic acids is 1. The lowest BCUT2D eigenvalue weighted by molar-refractivity contribution is 0.0702. The van der Waals surface area contributed by atoms with Gasteiger partial charge < -0.3 is 5.11 Å². The fourth-order valence-electron chi connectivity index (χ4n) is 2.31. The summed E-state index contributed by atoms with van der Waals surface area (Å²) in [5, 5.41) is 10.3. The van der Waals surface area contributed by atoms with Gasteiger partial charge in [-0.05, 0) is 25.8 Å². The Balaban J connectivity index is 2.31. The zero-order valence-electron chi connectivity index (χ0n) is 10.7. The minimum atomic E-state index is -3.57. The lowest BCUT2D eigenvalue weighted by Crippen LogP contribution is -2.38. The zero-order chi connectivity index (χ0) is 14.0. The normalized spacial score (nSPS) is 22.1. The number of hydrogen-bond donors (Lipinski definition) is 1. The van der Waals surface area contributed by atoms with Crippen LogP contribution in [0.4, 0.5) is 0 Å². The molecule has 0 bridgehead atoms. The molecule has 0 radical (unpaired) electrons. The molecule has 1 atom stereocenters. The quantitative estimate of drug-likeness (QED) is 0.930. The van der Waals surface area contributed by atoms with E-state index in [2.05, 4.69) is 0 Å². The number of nitrogens with zero attached hydrogens (tertiary/aromatic N) is 1. The molecule has 1 fully saturated rings. The van der Waals surface area contributed by atoms with Crippen molar-refractivity contribution in [3.8, 4) is 0 Å². The van der Waals surface area contributed by atoms with E-state index < -0.39 is 16.0 Å². The Labute approximate surface area is 116 Å². The van der Waals surface area contributed by atoms with Crippen molar-refractivity contribution >= 4 is 27.3 Å². The van der Waals surface area contributed by atoms with Crippen molar-refractivity contribution in [1.82, 2.24) is 4.31 Å². The summed E-state index contributed by atoms with van der Waals surface area (Å²) < 4.78 is 26.6. The molecule has 19 heavy (non-hydrogen) atoms. The van der Waals surface area contributed by atoms with Crippen LogP contribution in [0.2, 0.25) is 0 Å². The average Bonchev–Trinajstić information content (AvgIpc) is 2.74. The van der Waals surface area contributed by atoms with Crippen LogP contribution in [0.15, 0.2) is 16.3 Å². The first-order valence-corrected chi connectivity index (χ1v) is 8.58. The first kappa shape index (κ1) is 14.5. The second-order valence-corrected chi connectivity index (χ2v) is 7.57. The molecule has 0 aromatic carbocycles. The van der Waals surface area contributed by atoms with Crippen LogP contribution in [-0.2, 0) is 10.0 Å². The van der Waals surface area contributed by atoms with Crippen LogP contribution < -0.4 is 0 Å². The van der Waals surface area contributed by atoms with Crippen LogP contribution in [0.3, 0.4) is 0 Å². The maximum absolute atomic E-state index is 12.5. The Morgan fingerprint density at radius 2 is 2.16 bits per heavy atom. The molecule has 1 aliphatic rings. The first-order chi connectivity index (χ1) is 8.93. The third-order valence-corrected chi connectivity index (χ3v) is 6.44. The van der Waals surface area contributed by atoms with Gasteiger partial charge in [0, 0.05) is 18.0 Å². The molecule has 0 amide bonds. The van der Waals surface area contributed by atoms with Crippen molar-refractivity contribution in [2.24, 2.45) is 0 Å². The Bertz CT molecular complexity index is 564. The monoisotopic (exact) mass is 303 g/mol. The summed E-state index contributed by atoms with van der Waals surface area (Å²) in [5.41, 5.74) is 0. The molecule has 1 saturated heterocycles. The van der Waals surface area contributed by atoms with Gasteiger partial charge in [0.2, 0.25) is 10.0 Å². The minimum absolute atomic E-state index is 0.0271. The summed E-state index contributed by atoms with van der Waals surface area (Å²) in [7, 11) is -3.57. The van der Waals surface area contributed by atoms with E-state index in [4.69, 9.17) is 5.11 Å². The lowest BCUT2D eigenvalue weighted by Gasteiger charge is -2.25. The van der Waals surface area contributed by atoms with Gasteiger partial charge in [-0.3, -0.25) is 0 Å². The van der Waals surface area contributed by atoms with Crippen molar-refractivity contribution in [2.75, 3.05) is 6.54 Å². The van der Waals surface area contributed by atoms with E-state index in [1.54, 1.807) is 0 Å². The predicted molar refractivity (Wildman–Crippen MR) is 73.1 cm³/mol. The number of thiophene rings is 1. The molecule has 1 aromatic heterocycles. The van der Waals surface area contributed by atoms with Crippen LogP contribution in [0.25, 0.3) is 0 Å². The van der Waals surface area contributed by atoms with E-state index in [0.717, 1.165) is 37.0 Å². The van der Waals surface area contributed by atoms with E-state index in [-0.39, 0.29) is 15.8 Å². The fraction of sp³-hybridized carbons (Fsp3) is 0.583. The Morgan fingerprint density at radius 3 is 2.79 bits per heavy atom. The molecular weight excluding hydrogens is 286 g/mol. The Morgan fingerprint density at radius 1 is 1.42 bits per heavy atom. The number of carbonyl (C=O) groups is 1. The highest BCUT2D eigenvalue weighted by Crippen LogP contribution is 2.27. The van der Waals surface area contributed by atoms with Crippen LogP contribution in [-0.4, -0.2) is 36.4 Å². The molecule has 1 unspecified atom stereocenters. The van der Waals surface area contributed by atoms with Gasteiger partial charge in [0.15, 0.2) is 0 Å². The maximum atomic E-state index is 12.5. The minimum Gasteiger partial charge on any atom is -0.477 e. The highest BCUT2D eigenvalue weighted by Gasteiger charge is 2.31. The van der Waals surface area contributed by atoms with Crippen molar-refractivity contribution in [3.63, 3.8) is 0 Å². The van der Waals surface area contributed by atoms with Gasteiger partial charge >= 0.3 is 5.97 Å². The van der Waals surface area contributed by atoms with Crippen molar-refractivity contribution < 1.29 is 18.3 Å². The third-order valence-electron chi connectivity index (χ3n) is 3.38. The summed E-state index contributed by atoms with van der Waals surface area (Å²) in [6, 6.07) is 1.22. The molecule has 0 aliphatic carbocycles. The first-order valence-electron chi connectivity index (χ1n) is 6.26. The number of rotatable bonds is 3. The second kappa shape index (κ2) is 5.60. The number of hydrogen-bond acceptors (Lipinski definition) is 4. The predicted octanol–water partition coefficient (Wildman–Crippen LogP) is 2.40. The Kier molecular flexibility index (Phi) is 4.27. The van der Waals surface area contributed by atoms with Gasteiger partial charge in [-0.15, -0.1) is 11.3 Å². The van der Waals surface area contributed by atoms with Crippen LogP contribution in [0, 0.1) is 0 Å². The van der Waals surface area contributed by atoms with E-state index in [1.807, 2.05) is 6.92 Å². The maximum Gasteiger partial charge on any atom is 0.345 e. The summed E-state index contributed by atoms with van der Waals surface area (Å²) in [4.78, 5) is 11.0. The van der Waals surface area contributed by atoms with Crippen LogP contribution in [0.1, 0.15) is 42.3 Å². The van der Waals surface area contributed by atoms with Crippen molar-refractivity contribution in [2.45, 2.75) is 43.5 Å². The number of carboxylic acid groups (broad SMARTS) is 1. The van der Waals surface area contributed by atoms with E-state index in [9.17, 15) is 13.2 Å². The average molecular weight is 303 g/mol. The fourth-order valence-corrected chi connectivity index (χ4v) is 5.11. The topological polar surface area (TPSA) is 74.7 Å². The smallest absolute Gasteiger partial charge is 0.345 e. The molecule has 7 heteroatoms. The second-order valence-electron chi connectivity index (χ2n) is 4.77. The highest BCUT2D eigenvalue weighted by molar-refractivity contribution is 7.89. The van der Waals surface area contributed by atoms with Gasteiger partial charge in [-0.25, -0.2) is 13.2 Å². The van der Waals surface area contributed by atoms with Crippen molar-refractivity contribution in [1.29, 1.82) is 0 Å². The van der Waals surface area contributed by atoms with Crippen LogP contribution in [0.5, 0.6) is 0 Å². The number of aromatic carboxylic acids is 1. The van der Waals surface area contributed by atoms with Gasteiger partial charge in [-0.2, -0.15) is 4.31 Å². The van der Waals surface area contributed by atoms with Crippen molar-refractivity contribution in [3.05, 3.63) is 16.3 Å². The highest BCUT2D eigenvalue weighted by atomic mass is 32.2. The number of sulfonamides is 1.